The number of amides is 1. The SMILES string of the molecule is CCCc1nc(-c2ccc(F)cc2)oc1C(=O)N[C@H](C)CN1CCNCC1. The molecule has 1 atom stereocenters. The predicted molar refractivity (Wildman–Crippen MR) is 102 cm³/mol. The molecule has 1 amide bonds. The second-order valence-corrected chi connectivity index (χ2v) is 6.98. The van der Waals surface area contributed by atoms with E-state index in [9.17, 15) is 9.18 Å². The van der Waals surface area contributed by atoms with Gasteiger partial charge in [0.1, 0.15) is 5.82 Å². The summed E-state index contributed by atoms with van der Waals surface area (Å²) >= 11 is 0. The van der Waals surface area contributed by atoms with E-state index in [1.54, 1.807) is 12.1 Å². The van der Waals surface area contributed by atoms with Crippen LogP contribution in [0, 0.1) is 5.82 Å². The van der Waals surface area contributed by atoms with E-state index in [0.29, 0.717) is 23.6 Å². The highest BCUT2D eigenvalue weighted by atomic mass is 19.1. The topological polar surface area (TPSA) is 70.4 Å². The third-order valence-electron chi connectivity index (χ3n) is 4.60. The summed E-state index contributed by atoms with van der Waals surface area (Å²) in [6, 6.07) is 5.92. The molecule has 1 aliphatic heterocycles. The van der Waals surface area contributed by atoms with Gasteiger partial charge in [-0.2, -0.15) is 0 Å². The molecule has 2 heterocycles. The van der Waals surface area contributed by atoms with Gasteiger partial charge in [0, 0.05) is 44.3 Å². The van der Waals surface area contributed by atoms with Crippen LogP contribution < -0.4 is 10.6 Å². The Morgan fingerprint density at radius 2 is 2.04 bits per heavy atom. The molecule has 6 nitrogen and oxygen atoms in total. The van der Waals surface area contributed by atoms with Crippen molar-refractivity contribution in [1.82, 2.24) is 20.5 Å². The maximum absolute atomic E-state index is 13.1. The Morgan fingerprint density at radius 1 is 1.33 bits per heavy atom. The lowest BCUT2D eigenvalue weighted by Gasteiger charge is -2.29. The smallest absolute Gasteiger partial charge is 0.289 e. The quantitative estimate of drug-likeness (QED) is 0.779. The molecule has 1 aromatic carbocycles. The Kier molecular flexibility index (Phi) is 6.58. The van der Waals surface area contributed by atoms with E-state index in [-0.39, 0.29) is 23.5 Å². The van der Waals surface area contributed by atoms with Crippen molar-refractivity contribution >= 4 is 5.91 Å². The fraction of sp³-hybridized carbons (Fsp3) is 0.500. The Balaban J connectivity index is 1.71. The number of aryl methyl sites for hydroxylation is 1. The van der Waals surface area contributed by atoms with E-state index in [1.165, 1.54) is 12.1 Å². The summed E-state index contributed by atoms with van der Waals surface area (Å²) in [5, 5.41) is 6.34. The van der Waals surface area contributed by atoms with Gasteiger partial charge in [-0.15, -0.1) is 0 Å². The maximum atomic E-state index is 13.1. The van der Waals surface area contributed by atoms with Crippen molar-refractivity contribution in [2.24, 2.45) is 0 Å². The maximum Gasteiger partial charge on any atom is 0.289 e. The Morgan fingerprint density at radius 3 is 2.70 bits per heavy atom. The van der Waals surface area contributed by atoms with Crippen molar-refractivity contribution in [2.45, 2.75) is 32.7 Å². The van der Waals surface area contributed by atoms with Crippen LogP contribution in [-0.2, 0) is 6.42 Å². The minimum Gasteiger partial charge on any atom is -0.431 e. The largest absolute Gasteiger partial charge is 0.431 e. The second kappa shape index (κ2) is 9.10. The molecule has 1 saturated heterocycles. The second-order valence-electron chi connectivity index (χ2n) is 6.98. The minimum absolute atomic E-state index is 0.00412. The van der Waals surface area contributed by atoms with Gasteiger partial charge in [0.05, 0.1) is 5.69 Å². The van der Waals surface area contributed by atoms with Crippen LogP contribution in [0.4, 0.5) is 4.39 Å². The lowest BCUT2D eigenvalue weighted by molar-refractivity contribution is 0.0898. The normalized spacial score (nSPS) is 16.3. The van der Waals surface area contributed by atoms with Crippen LogP contribution in [0.5, 0.6) is 0 Å². The number of halogens is 1. The molecule has 0 aliphatic carbocycles. The summed E-state index contributed by atoms with van der Waals surface area (Å²) < 4.78 is 18.9. The Hall–Kier alpha value is -2.25. The molecule has 0 unspecified atom stereocenters. The molecular weight excluding hydrogens is 347 g/mol. The number of oxazole rings is 1. The van der Waals surface area contributed by atoms with Crippen LogP contribution >= 0.6 is 0 Å². The van der Waals surface area contributed by atoms with Gasteiger partial charge in [-0.05, 0) is 37.6 Å². The van der Waals surface area contributed by atoms with Crippen LogP contribution in [0.3, 0.4) is 0 Å². The highest BCUT2D eigenvalue weighted by molar-refractivity contribution is 5.93. The third-order valence-corrected chi connectivity index (χ3v) is 4.60. The lowest BCUT2D eigenvalue weighted by atomic mass is 10.2. The molecule has 2 N–H and O–H groups in total. The molecule has 1 aliphatic rings. The molecule has 0 bridgehead atoms. The molecule has 7 heteroatoms. The number of benzene rings is 1. The summed E-state index contributed by atoms with van der Waals surface area (Å²) in [5.41, 5.74) is 1.30. The summed E-state index contributed by atoms with van der Waals surface area (Å²) in [5.74, 6) is 0.0300. The summed E-state index contributed by atoms with van der Waals surface area (Å²) in [7, 11) is 0. The average molecular weight is 374 g/mol. The van der Waals surface area contributed by atoms with Crippen LogP contribution in [0.15, 0.2) is 28.7 Å². The number of aromatic nitrogens is 1. The van der Waals surface area contributed by atoms with E-state index < -0.39 is 0 Å². The van der Waals surface area contributed by atoms with E-state index in [0.717, 1.165) is 39.1 Å². The summed E-state index contributed by atoms with van der Waals surface area (Å²) in [4.78, 5) is 19.6. The summed E-state index contributed by atoms with van der Waals surface area (Å²) in [6.45, 7) is 8.75. The highest BCUT2D eigenvalue weighted by Crippen LogP contribution is 2.23. The number of carbonyl (C=O) groups is 1. The fourth-order valence-electron chi connectivity index (χ4n) is 3.27. The van der Waals surface area contributed by atoms with Gasteiger partial charge in [-0.25, -0.2) is 9.37 Å². The van der Waals surface area contributed by atoms with Gasteiger partial charge >= 0.3 is 0 Å². The number of carbonyl (C=O) groups excluding carboxylic acids is 1. The third kappa shape index (κ3) is 5.14. The molecule has 1 fully saturated rings. The first kappa shape index (κ1) is 19.5. The molecular formula is C20H27FN4O2. The van der Waals surface area contributed by atoms with Crippen LogP contribution in [0.1, 0.15) is 36.5 Å². The molecule has 0 radical (unpaired) electrons. The molecule has 1 aromatic heterocycles. The van der Waals surface area contributed by atoms with Gasteiger partial charge in [-0.3, -0.25) is 9.69 Å². The number of hydrogen-bond acceptors (Lipinski definition) is 5. The number of rotatable bonds is 7. The van der Waals surface area contributed by atoms with Gasteiger partial charge in [0.15, 0.2) is 0 Å². The van der Waals surface area contributed by atoms with Crippen molar-refractivity contribution in [2.75, 3.05) is 32.7 Å². The fourth-order valence-corrected chi connectivity index (χ4v) is 3.27. The van der Waals surface area contributed by atoms with Crippen molar-refractivity contribution in [1.29, 1.82) is 0 Å². The number of nitrogens with one attached hydrogen (secondary N) is 2. The average Bonchev–Trinajstić information content (AvgIpc) is 3.07. The van der Waals surface area contributed by atoms with E-state index in [4.69, 9.17) is 4.42 Å². The predicted octanol–water partition coefficient (Wildman–Crippen LogP) is 2.46. The Bertz CT molecular complexity index is 754. The molecule has 0 saturated carbocycles. The zero-order valence-electron chi connectivity index (χ0n) is 15.9. The van der Waals surface area contributed by atoms with Gasteiger partial charge in [-0.1, -0.05) is 13.3 Å². The molecule has 2 aromatic rings. The zero-order chi connectivity index (χ0) is 19.2. The monoisotopic (exact) mass is 374 g/mol. The highest BCUT2D eigenvalue weighted by Gasteiger charge is 2.23. The first-order valence-corrected chi connectivity index (χ1v) is 9.56. The molecule has 0 spiro atoms. The number of nitrogens with zero attached hydrogens (tertiary/aromatic N) is 2. The standard InChI is InChI=1S/C20H27FN4O2/c1-3-4-17-18(27-20(24-17)15-5-7-16(21)8-6-15)19(26)23-14(2)13-25-11-9-22-10-12-25/h5-8,14,22H,3-4,9-13H2,1-2H3,(H,23,26)/t14-/m1/s1. The zero-order valence-corrected chi connectivity index (χ0v) is 15.9. The van der Waals surface area contributed by atoms with E-state index in [2.05, 4.69) is 20.5 Å². The van der Waals surface area contributed by atoms with E-state index >= 15 is 0 Å². The molecule has 27 heavy (non-hydrogen) atoms. The van der Waals surface area contributed by atoms with Crippen molar-refractivity contribution in [3.63, 3.8) is 0 Å². The van der Waals surface area contributed by atoms with Gasteiger partial charge in [0.25, 0.3) is 5.91 Å². The van der Waals surface area contributed by atoms with Crippen LogP contribution in [0.2, 0.25) is 0 Å². The van der Waals surface area contributed by atoms with Gasteiger partial charge in [0.2, 0.25) is 11.7 Å². The number of piperazine rings is 1. The number of hydrogen-bond donors (Lipinski definition) is 2. The van der Waals surface area contributed by atoms with Crippen molar-refractivity contribution in [3.8, 4) is 11.5 Å². The van der Waals surface area contributed by atoms with E-state index in [1.807, 2.05) is 13.8 Å². The minimum atomic E-state index is -0.321. The van der Waals surface area contributed by atoms with Crippen molar-refractivity contribution in [3.05, 3.63) is 41.5 Å². The molecule has 146 valence electrons. The van der Waals surface area contributed by atoms with Crippen LogP contribution in [0.25, 0.3) is 11.5 Å². The molecule has 3 rings (SSSR count). The summed E-state index contributed by atoms with van der Waals surface area (Å²) in [6.07, 6.45) is 1.51. The first-order valence-electron chi connectivity index (χ1n) is 9.56. The van der Waals surface area contributed by atoms with Gasteiger partial charge < -0.3 is 15.1 Å². The lowest BCUT2D eigenvalue weighted by Crippen LogP contribution is -2.49. The Labute approximate surface area is 159 Å². The van der Waals surface area contributed by atoms with Crippen molar-refractivity contribution < 1.29 is 13.6 Å². The van der Waals surface area contributed by atoms with Crippen LogP contribution in [-0.4, -0.2) is 54.6 Å². The first-order chi connectivity index (χ1) is 13.1.